The van der Waals surface area contributed by atoms with Crippen LogP contribution >= 0.6 is 11.6 Å². The topological polar surface area (TPSA) is 12.0 Å². The van der Waals surface area contributed by atoms with Crippen molar-refractivity contribution in [2.45, 2.75) is 38.8 Å². The van der Waals surface area contributed by atoms with Crippen LogP contribution in [0.2, 0.25) is 5.02 Å². The highest BCUT2D eigenvalue weighted by Crippen LogP contribution is 2.33. The lowest BCUT2D eigenvalue weighted by Gasteiger charge is -2.13. The molecule has 1 N–H and O–H groups in total. The van der Waals surface area contributed by atoms with Gasteiger partial charge in [-0.15, -0.1) is 0 Å². The van der Waals surface area contributed by atoms with Crippen molar-refractivity contribution in [2.75, 3.05) is 0 Å². The number of halogens is 2. The zero-order valence-electron chi connectivity index (χ0n) is 9.47. The van der Waals surface area contributed by atoms with Gasteiger partial charge in [0.2, 0.25) is 0 Å². The van der Waals surface area contributed by atoms with Crippen molar-refractivity contribution in [1.82, 2.24) is 5.32 Å². The van der Waals surface area contributed by atoms with Crippen LogP contribution in [0.25, 0.3) is 0 Å². The fourth-order valence-electron chi connectivity index (χ4n) is 1.89. The van der Waals surface area contributed by atoms with Crippen LogP contribution in [0.1, 0.15) is 31.7 Å². The summed E-state index contributed by atoms with van der Waals surface area (Å²) >= 11 is 5.95. The Morgan fingerprint density at radius 3 is 2.88 bits per heavy atom. The van der Waals surface area contributed by atoms with E-state index in [4.69, 9.17) is 11.6 Å². The maximum atomic E-state index is 12.8. The van der Waals surface area contributed by atoms with Crippen LogP contribution in [0.4, 0.5) is 4.39 Å². The molecule has 0 spiro atoms. The molecule has 1 atom stereocenters. The zero-order valence-corrected chi connectivity index (χ0v) is 10.2. The van der Waals surface area contributed by atoms with Gasteiger partial charge < -0.3 is 5.32 Å². The molecule has 0 radical (unpaired) electrons. The molecule has 2 rings (SSSR count). The SMILES string of the molecule is CC(CC1CC1)NCc1ccc(F)cc1Cl. The van der Waals surface area contributed by atoms with Crippen LogP contribution in [-0.4, -0.2) is 6.04 Å². The molecule has 1 fully saturated rings. The second-order valence-corrected chi connectivity index (χ2v) is 5.10. The van der Waals surface area contributed by atoms with E-state index in [1.165, 1.54) is 31.4 Å². The predicted molar refractivity (Wildman–Crippen MR) is 65.1 cm³/mol. The van der Waals surface area contributed by atoms with Gasteiger partial charge in [0.05, 0.1) is 0 Å². The molecule has 1 aromatic carbocycles. The van der Waals surface area contributed by atoms with E-state index in [0.29, 0.717) is 17.6 Å². The van der Waals surface area contributed by atoms with E-state index in [1.54, 1.807) is 6.07 Å². The van der Waals surface area contributed by atoms with Crippen LogP contribution < -0.4 is 5.32 Å². The standard InChI is InChI=1S/C13H17ClFN/c1-9(6-10-2-3-10)16-8-11-4-5-12(15)7-13(11)14/h4-5,7,9-10,16H,2-3,6,8H2,1H3. The molecule has 16 heavy (non-hydrogen) atoms. The van der Waals surface area contributed by atoms with Gasteiger partial charge in [0.1, 0.15) is 5.82 Å². The van der Waals surface area contributed by atoms with Gasteiger partial charge in [-0.2, -0.15) is 0 Å². The third-order valence-corrected chi connectivity index (χ3v) is 3.39. The van der Waals surface area contributed by atoms with Gasteiger partial charge in [-0.3, -0.25) is 0 Å². The maximum Gasteiger partial charge on any atom is 0.124 e. The Kier molecular flexibility index (Phi) is 3.82. The summed E-state index contributed by atoms with van der Waals surface area (Å²) in [6.07, 6.45) is 3.99. The van der Waals surface area contributed by atoms with E-state index in [-0.39, 0.29) is 5.82 Å². The van der Waals surface area contributed by atoms with Gasteiger partial charge in [0.25, 0.3) is 0 Å². The summed E-state index contributed by atoms with van der Waals surface area (Å²) in [5.74, 6) is 0.644. The van der Waals surface area contributed by atoms with E-state index < -0.39 is 0 Å². The summed E-state index contributed by atoms with van der Waals surface area (Å²) in [4.78, 5) is 0. The predicted octanol–water partition coefficient (Wildman–Crippen LogP) is 3.76. The average molecular weight is 242 g/mol. The minimum atomic E-state index is -0.278. The van der Waals surface area contributed by atoms with Crippen molar-refractivity contribution in [3.05, 3.63) is 34.6 Å². The first-order valence-electron chi connectivity index (χ1n) is 5.82. The second kappa shape index (κ2) is 5.15. The highest BCUT2D eigenvalue weighted by molar-refractivity contribution is 6.31. The Balaban J connectivity index is 1.83. The molecule has 1 unspecified atom stereocenters. The molecule has 0 aromatic heterocycles. The van der Waals surface area contributed by atoms with E-state index in [1.807, 2.05) is 0 Å². The van der Waals surface area contributed by atoms with Gasteiger partial charge in [0.15, 0.2) is 0 Å². The van der Waals surface area contributed by atoms with Crippen molar-refractivity contribution in [1.29, 1.82) is 0 Å². The van der Waals surface area contributed by atoms with E-state index in [2.05, 4.69) is 12.2 Å². The van der Waals surface area contributed by atoms with E-state index in [9.17, 15) is 4.39 Å². The number of hydrogen-bond donors (Lipinski definition) is 1. The minimum absolute atomic E-state index is 0.278. The summed E-state index contributed by atoms with van der Waals surface area (Å²) < 4.78 is 12.8. The molecule has 0 heterocycles. The van der Waals surface area contributed by atoms with Crippen molar-refractivity contribution in [3.63, 3.8) is 0 Å². The third kappa shape index (κ3) is 3.46. The largest absolute Gasteiger partial charge is 0.310 e. The second-order valence-electron chi connectivity index (χ2n) is 4.70. The average Bonchev–Trinajstić information content (AvgIpc) is 3.00. The molecule has 1 nitrogen and oxygen atoms in total. The van der Waals surface area contributed by atoms with Gasteiger partial charge >= 0.3 is 0 Å². The first-order valence-corrected chi connectivity index (χ1v) is 6.20. The monoisotopic (exact) mass is 241 g/mol. The smallest absolute Gasteiger partial charge is 0.124 e. The van der Waals surface area contributed by atoms with Gasteiger partial charge in [-0.25, -0.2) is 4.39 Å². The first-order chi connectivity index (χ1) is 7.65. The van der Waals surface area contributed by atoms with E-state index in [0.717, 1.165) is 11.5 Å². The van der Waals surface area contributed by atoms with Crippen LogP contribution in [-0.2, 0) is 6.54 Å². The van der Waals surface area contributed by atoms with Crippen molar-refractivity contribution in [2.24, 2.45) is 5.92 Å². The first kappa shape index (κ1) is 11.9. The fraction of sp³-hybridized carbons (Fsp3) is 0.538. The van der Waals surface area contributed by atoms with Crippen LogP contribution in [0.5, 0.6) is 0 Å². The van der Waals surface area contributed by atoms with Crippen LogP contribution in [0.15, 0.2) is 18.2 Å². The summed E-state index contributed by atoms with van der Waals surface area (Å²) in [7, 11) is 0. The lowest BCUT2D eigenvalue weighted by Crippen LogP contribution is -2.26. The van der Waals surface area contributed by atoms with Crippen molar-refractivity contribution >= 4 is 11.6 Å². The Hall–Kier alpha value is -0.600. The van der Waals surface area contributed by atoms with Gasteiger partial charge in [-0.1, -0.05) is 30.5 Å². The van der Waals surface area contributed by atoms with Gasteiger partial charge in [-0.05, 0) is 37.0 Å². The number of hydrogen-bond acceptors (Lipinski definition) is 1. The molecule has 0 aliphatic heterocycles. The Morgan fingerprint density at radius 2 is 2.25 bits per heavy atom. The molecule has 0 saturated heterocycles. The summed E-state index contributed by atoms with van der Waals surface area (Å²) in [5.41, 5.74) is 0.964. The lowest BCUT2D eigenvalue weighted by atomic mass is 10.1. The summed E-state index contributed by atoms with van der Waals surface area (Å²) in [6, 6.07) is 5.07. The normalized spacial score (nSPS) is 17.4. The molecule has 1 aliphatic rings. The van der Waals surface area contributed by atoms with Crippen molar-refractivity contribution < 1.29 is 4.39 Å². The van der Waals surface area contributed by atoms with Crippen molar-refractivity contribution in [3.8, 4) is 0 Å². The molecular formula is C13H17ClFN. The highest BCUT2D eigenvalue weighted by atomic mass is 35.5. The summed E-state index contributed by atoms with van der Waals surface area (Å²) in [6.45, 7) is 2.91. The molecule has 1 saturated carbocycles. The lowest BCUT2D eigenvalue weighted by molar-refractivity contribution is 0.487. The number of nitrogens with one attached hydrogen (secondary N) is 1. The minimum Gasteiger partial charge on any atom is -0.310 e. The molecular weight excluding hydrogens is 225 g/mol. The van der Waals surface area contributed by atoms with Crippen LogP contribution in [0.3, 0.4) is 0 Å². The Morgan fingerprint density at radius 1 is 1.50 bits per heavy atom. The van der Waals surface area contributed by atoms with Crippen LogP contribution in [0, 0.1) is 11.7 Å². The molecule has 3 heteroatoms. The quantitative estimate of drug-likeness (QED) is 0.828. The van der Waals surface area contributed by atoms with E-state index >= 15 is 0 Å². The summed E-state index contributed by atoms with van der Waals surface area (Å²) in [5, 5.41) is 3.93. The highest BCUT2D eigenvalue weighted by Gasteiger charge is 2.23. The molecule has 88 valence electrons. The Labute approximate surface area is 101 Å². The van der Waals surface area contributed by atoms with Gasteiger partial charge in [0, 0.05) is 17.6 Å². The Bertz CT molecular complexity index is 363. The number of rotatable bonds is 5. The third-order valence-electron chi connectivity index (χ3n) is 3.04. The molecule has 1 aromatic rings. The molecule has 0 amide bonds. The molecule has 0 bridgehead atoms. The maximum absolute atomic E-state index is 12.8. The fourth-order valence-corrected chi connectivity index (χ4v) is 2.12. The molecule has 1 aliphatic carbocycles. The number of benzene rings is 1. The zero-order chi connectivity index (χ0) is 11.5.